The van der Waals surface area contributed by atoms with Gasteiger partial charge in [0.15, 0.2) is 16.4 Å². The number of sulfone groups is 1. The van der Waals surface area contributed by atoms with Crippen molar-refractivity contribution in [1.29, 1.82) is 0 Å². The van der Waals surface area contributed by atoms with E-state index < -0.39 is 15.5 Å². The largest absolute Gasteiger partial charge is 0.484 e. The summed E-state index contributed by atoms with van der Waals surface area (Å²) in [4.78, 5) is 26.0. The Morgan fingerprint density at radius 2 is 2.11 bits per heavy atom. The third kappa shape index (κ3) is 4.38. The number of aryl methyl sites for hydroxylation is 1. The molecule has 152 valence electrons. The molecule has 1 aliphatic heterocycles. The molecule has 2 aromatic rings. The lowest BCUT2D eigenvalue weighted by molar-refractivity contribution is -0.137. The third-order valence-electron chi connectivity index (χ3n) is 5.24. The Balaban J connectivity index is 1.75. The normalized spacial score (nSPS) is 19.5. The fraction of sp³-hybridized carbons (Fsp3) is 0.500. The first kappa shape index (κ1) is 20.4. The second-order valence-electron chi connectivity index (χ2n) is 7.31. The summed E-state index contributed by atoms with van der Waals surface area (Å²) in [5, 5.41) is 0.802. The molecule has 2 heterocycles. The molecule has 0 saturated carbocycles. The summed E-state index contributed by atoms with van der Waals surface area (Å²) in [6.45, 7) is 5.49. The zero-order valence-electron chi connectivity index (χ0n) is 16.3. The average Bonchev–Trinajstić information content (AvgIpc) is 2.98. The second kappa shape index (κ2) is 7.95. The van der Waals surface area contributed by atoms with Crippen LogP contribution in [0.3, 0.4) is 0 Å². The van der Waals surface area contributed by atoms with Gasteiger partial charge >= 0.3 is 5.63 Å². The molecule has 1 aromatic heterocycles. The molecule has 1 aromatic carbocycles. The van der Waals surface area contributed by atoms with Crippen molar-refractivity contribution in [2.24, 2.45) is 0 Å². The molecule has 7 nitrogen and oxygen atoms in total. The van der Waals surface area contributed by atoms with Crippen LogP contribution in [0.15, 0.2) is 33.5 Å². The highest BCUT2D eigenvalue weighted by molar-refractivity contribution is 7.91. The predicted octanol–water partition coefficient (Wildman–Crippen LogP) is 2.29. The number of hydrogen-bond donors (Lipinski definition) is 0. The SMILES string of the molecule is CC[C@H](C)N(C(=O)COc1ccc2c(C)cc(=O)oc2c1)[C@H]1CCS(=O)(=O)C1. The molecule has 0 spiro atoms. The molecule has 0 bridgehead atoms. The van der Waals surface area contributed by atoms with Crippen LogP contribution in [0.4, 0.5) is 0 Å². The summed E-state index contributed by atoms with van der Waals surface area (Å²) >= 11 is 0. The molecule has 2 atom stereocenters. The molecule has 1 amide bonds. The molecule has 0 unspecified atom stereocenters. The lowest BCUT2D eigenvalue weighted by Crippen LogP contribution is -2.48. The van der Waals surface area contributed by atoms with E-state index in [1.54, 1.807) is 23.1 Å². The third-order valence-corrected chi connectivity index (χ3v) is 6.99. The van der Waals surface area contributed by atoms with Crippen molar-refractivity contribution in [1.82, 2.24) is 4.90 Å². The smallest absolute Gasteiger partial charge is 0.336 e. The zero-order valence-corrected chi connectivity index (χ0v) is 17.1. The van der Waals surface area contributed by atoms with Gasteiger partial charge in [-0.1, -0.05) is 6.92 Å². The number of nitrogens with zero attached hydrogens (tertiary/aromatic N) is 1. The van der Waals surface area contributed by atoms with Crippen LogP contribution in [0.1, 0.15) is 32.3 Å². The van der Waals surface area contributed by atoms with Crippen LogP contribution >= 0.6 is 0 Å². The van der Waals surface area contributed by atoms with Gasteiger partial charge in [-0.05, 0) is 44.4 Å². The quantitative estimate of drug-likeness (QED) is 0.682. The van der Waals surface area contributed by atoms with Crippen LogP contribution in [-0.2, 0) is 14.6 Å². The van der Waals surface area contributed by atoms with Gasteiger partial charge in [-0.2, -0.15) is 0 Å². The number of ether oxygens (including phenoxy) is 1. The number of rotatable bonds is 6. The monoisotopic (exact) mass is 407 g/mol. The van der Waals surface area contributed by atoms with Crippen LogP contribution in [0.25, 0.3) is 11.0 Å². The minimum Gasteiger partial charge on any atom is -0.484 e. The number of fused-ring (bicyclic) bond motifs is 1. The lowest BCUT2D eigenvalue weighted by Gasteiger charge is -2.33. The van der Waals surface area contributed by atoms with E-state index in [1.165, 1.54) is 6.07 Å². The van der Waals surface area contributed by atoms with E-state index >= 15 is 0 Å². The van der Waals surface area contributed by atoms with Gasteiger partial charge in [0.2, 0.25) is 0 Å². The minimum absolute atomic E-state index is 0.00346. The summed E-state index contributed by atoms with van der Waals surface area (Å²) in [6.07, 6.45) is 1.18. The van der Waals surface area contributed by atoms with Crippen molar-refractivity contribution in [3.05, 3.63) is 40.2 Å². The van der Waals surface area contributed by atoms with E-state index in [0.29, 0.717) is 17.8 Å². The summed E-state index contributed by atoms with van der Waals surface area (Å²) in [5.74, 6) is 0.283. The Labute approximate surface area is 164 Å². The van der Waals surface area contributed by atoms with Gasteiger partial charge in [0.1, 0.15) is 11.3 Å². The van der Waals surface area contributed by atoms with Crippen LogP contribution in [-0.4, -0.2) is 49.4 Å². The van der Waals surface area contributed by atoms with Gasteiger partial charge in [-0.15, -0.1) is 0 Å². The number of amides is 1. The zero-order chi connectivity index (χ0) is 20.5. The molecule has 1 aliphatic rings. The summed E-state index contributed by atoms with van der Waals surface area (Å²) in [6, 6.07) is 6.12. The van der Waals surface area contributed by atoms with Crippen LogP contribution in [0.2, 0.25) is 0 Å². The van der Waals surface area contributed by atoms with E-state index in [2.05, 4.69) is 0 Å². The lowest BCUT2D eigenvalue weighted by atomic mass is 10.1. The topological polar surface area (TPSA) is 93.9 Å². The number of hydrogen-bond acceptors (Lipinski definition) is 6. The highest BCUT2D eigenvalue weighted by Crippen LogP contribution is 2.24. The van der Waals surface area contributed by atoms with Crippen molar-refractivity contribution in [2.75, 3.05) is 18.1 Å². The molecule has 28 heavy (non-hydrogen) atoms. The van der Waals surface area contributed by atoms with Crippen molar-refractivity contribution in [2.45, 2.75) is 45.7 Å². The molecule has 0 N–H and O–H groups in total. The summed E-state index contributed by atoms with van der Waals surface area (Å²) in [7, 11) is -3.09. The van der Waals surface area contributed by atoms with Crippen molar-refractivity contribution < 1.29 is 22.4 Å². The number of carbonyl (C=O) groups excluding carboxylic acids is 1. The first-order valence-corrected chi connectivity index (χ1v) is 11.2. The standard InChI is InChI=1S/C20H25NO6S/c1-4-14(3)21(15-7-8-28(24,25)12-15)19(22)11-26-16-5-6-17-13(2)9-20(23)27-18(17)10-16/h5-6,9-10,14-15H,4,7-8,11-12H2,1-3H3/t14-,15-/m0/s1. The average molecular weight is 407 g/mol. The Kier molecular flexibility index (Phi) is 5.79. The second-order valence-corrected chi connectivity index (χ2v) is 9.54. The Bertz CT molecular complexity index is 1040. The van der Waals surface area contributed by atoms with E-state index in [4.69, 9.17) is 9.15 Å². The van der Waals surface area contributed by atoms with E-state index in [1.807, 2.05) is 20.8 Å². The van der Waals surface area contributed by atoms with Gasteiger partial charge in [0, 0.05) is 29.6 Å². The Morgan fingerprint density at radius 3 is 2.75 bits per heavy atom. The van der Waals surface area contributed by atoms with Crippen LogP contribution in [0.5, 0.6) is 5.75 Å². The van der Waals surface area contributed by atoms with E-state index in [0.717, 1.165) is 17.4 Å². The van der Waals surface area contributed by atoms with Gasteiger partial charge < -0.3 is 14.1 Å². The predicted molar refractivity (Wildman–Crippen MR) is 106 cm³/mol. The molecule has 1 saturated heterocycles. The van der Waals surface area contributed by atoms with Crippen molar-refractivity contribution in [3.8, 4) is 5.75 Å². The van der Waals surface area contributed by atoms with Gasteiger partial charge in [-0.25, -0.2) is 13.2 Å². The molecule has 0 aliphatic carbocycles. The first-order valence-electron chi connectivity index (χ1n) is 9.39. The van der Waals surface area contributed by atoms with E-state index in [9.17, 15) is 18.0 Å². The molecule has 0 radical (unpaired) electrons. The maximum atomic E-state index is 12.8. The van der Waals surface area contributed by atoms with Gasteiger partial charge in [-0.3, -0.25) is 4.79 Å². The molecular formula is C20H25NO6S. The highest BCUT2D eigenvalue weighted by Gasteiger charge is 2.36. The Morgan fingerprint density at radius 1 is 1.36 bits per heavy atom. The summed E-state index contributed by atoms with van der Waals surface area (Å²) in [5.41, 5.74) is 0.762. The van der Waals surface area contributed by atoms with E-state index in [-0.39, 0.29) is 36.1 Å². The maximum Gasteiger partial charge on any atom is 0.336 e. The van der Waals surface area contributed by atoms with Crippen molar-refractivity contribution in [3.63, 3.8) is 0 Å². The minimum atomic E-state index is -3.09. The highest BCUT2D eigenvalue weighted by atomic mass is 32.2. The van der Waals surface area contributed by atoms with Gasteiger partial charge in [0.25, 0.3) is 5.91 Å². The van der Waals surface area contributed by atoms with Gasteiger partial charge in [0.05, 0.1) is 11.5 Å². The fourth-order valence-corrected chi connectivity index (χ4v) is 5.33. The van der Waals surface area contributed by atoms with Crippen molar-refractivity contribution >= 4 is 26.7 Å². The number of benzene rings is 1. The van der Waals surface area contributed by atoms with Crippen LogP contribution in [0, 0.1) is 6.92 Å². The molecular weight excluding hydrogens is 382 g/mol. The molecule has 1 fully saturated rings. The Hall–Kier alpha value is -2.35. The summed E-state index contributed by atoms with van der Waals surface area (Å²) < 4.78 is 34.5. The maximum absolute atomic E-state index is 12.8. The number of carbonyl (C=O) groups is 1. The fourth-order valence-electron chi connectivity index (χ4n) is 3.62. The molecule has 8 heteroatoms. The first-order chi connectivity index (χ1) is 13.2. The molecule has 3 rings (SSSR count). The van der Waals surface area contributed by atoms with Crippen LogP contribution < -0.4 is 10.4 Å².